The van der Waals surface area contributed by atoms with Crippen molar-refractivity contribution >= 4 is 39.1 Å². The molecule has 2 aromatic carbocycles. The van der Waals surface area contributed by atoms with Gasteiger partial charge < -0.3 is 35.2 Å². The third kappa shape index (κ3) is 10.9. The second kappa shape index (κ2) is 18.1. The van der Waals surface area contributed by atoms with Crippen LogP contribution in [0.2, 0.25) is 5.02 Å². The van der Waals surface area contributed by atoms with Crippen LogP contribution in [-0.4, -0.2) is 118 Å². The van der Waals surface area contributed by atoms with Crippen molar-refractivity contribution in [3.05, 3.63) is 77.1 Å². The maximum absolute atomic E-state index is 13.0. The summed E-state index contributed by atoms with van der Waals surface area (Å²) in [5.41, 5.74) is 4.60. The van der Waals surface area contributed by atoms with E-state index in [-0.39, 0.29) is 24.3 Å². The lowest BCUT2D eigenvalue weighted by molar-refractivity contribution is -0.158. The number of amides is 1. The molecule has 284 valence electrons. The number of aliphatic hydroxyl groups is 5. The number of pyridine rings is 1. The molecule has 2 saturated carbocycles. The Kier molecular flexibility index (Phi) is 14.0. The zero-order chi connectivity index (χ0) is 37.5. The summed E-state index contributed by atoms with van der Waals surface area (Å²) < 4.78 is 29.9. The highest BCUT2D eigenvalue weighted by Gasteiger charge is 2.45. The number of hydrogen-bond acceptors (Lipinski definition) is 11. The van der Waals surface area contributed by atoms with E-state index >= 15 is 0 Å². The minimum Gasteiger partial charge on any atom is -0.490 e. The molecule has 0 spiro atoms. The highest BCUT2D eigenvalue weighted by molar-refractivity contribution is 7.99. The topological polar surface area (TPSA) is 178 Å². The Morgan fingerprint density at radius 3 is 2.48 bits per heavy atom. The smallest absolute Gasteiger partial charge is 0.254 e. The van der Waals surface area contributed by atoms with E-state index in [1.807, 2.05) is 42.7 Å². The summed E-state index contributed by atoms with van der Waals surface area (Å²) in [6, 6.07) is 16.3. The van der Waals surface area contributed by atoms with Gasteiger partial charge in [0, 0.05) is 47.2 Å². The molecule has 52 heavy (non-hydrogen) atoms. The molecule has 0 radical (unpaired) electrons. The van der Waals surface area contributed by atoms with Gasteiger partial charge in [0.2, 0.25) is 0 Å². The number of hydrogen-bond donors (Lipinski definition) is 5. The second-order valence-corrected chi connectivity index (χ2v) is 17.8. The molecule has 2 aliphatic rings. The molecule has 1 amide bonds. The number of thioether (sulfide) groups is 1. The Bertz CT molecular complexity index is 1770. The first-order valence-electron chi connectivity index (χ1n) is 17.7. The molecule has 1 aromatic heterocycles. The van der Waals surface area contributed by atoms with Gasteiger partial charge in [0.15, 0.2) is 6.10 Å². The number of nitrogens with zero attached hydrogens (tertiary/aromatic N) is 2. The number of aliphatic hydroxyl groups excluding tert-OH is 5. The van der Waals surface area contributed by atoms with Crippen LogP contribution >= 0.6 is 23.4 Å². The normalized spacial score (nSPS) is 17.6. The lowest BCUT2D eigenvalue weighted by atomic mass is 9.85. The maximum Gasteiger partial charge on any atom is 0.254 e. The molecule has 0 bridgehead atoms. The fourth-order valence-corrected chi connectivity index (χ4v) is 8.02. The van der Waals surface area contributed by atoms with Crippen molar-refractivity contribution in [3.63, 3.8) is 0 Å². The number of halogens is 1. The summed E-state index contributed by atoms with van der Waals surface area (Å²) in [5.74, 6) is 0.294. The Balaban J connectivity index is 1.16. The van der Waals surface area contributed by atoms with Crippen LogP contribution in [0.15, 0.2) is 65.8 Å². The van der Waals surface area contributed by atoms with Gasteiger partial charge in [-0.05, 0) is 110 Å². The van der Waals surface area contributed by atoms with Gasteiger partial charge in [0.25, 0.3) is 5.91 Å². The van der Waals surface area contributed by atoms with Crippen LogP contribution in [0.1, 0.15) is 56.1 Å². The van der Waals surface area contributed by atoms with Crippen molar-refractivity contribution in [1.82, 2.24) is 9.88 Å². The zero-order valence-electron chi connectivity index (χ0n) is 29.3. The van der Waals surface area contributed by atoms with Crippen molar-refractivity contribution in [1.29, 1.82) is 0 Å². The molecule has 5 rings (SSSR count). The number of rotatable bonds is 21. The van der Waals surface area contributed by atoms with Gasteiger partial charge in [-0.3, -0.25) is 9.78 Å². The van der Waals surface area contributed by atoms with Crippen LogP contribution in [0.3, 0.4) is 0 Å². The fourth-order valence-electron chi connectivity index (χ4n) is 6.28. The highest BCUT2D eigenvalue weighted by atomic mass is 35.5. The standard InChI is InChI=1S/C38H49ClN2O9S2/c1-52(48,49)21-19-41(37(47)36(46)35(45)34(44)32(43)24-42)18-4-5-20-51-27-10-11-31(39)25(22-27)12-14-38(15-16-38)30-23-40-17-13-28(30)29-6-2-3-7-33(29)50-26-8-9-26/h2-3,6-7,10-11,13,17,22-23,26,32,34-36,42-46H,4-5,8-9,12,14-16,18-21,24H2,1H3/t32-,34+,35-,36-/m0/s1. The number of carbonyl (C=O) groups is 1. The molecule has 2 aliphatic carbocycles. The Labute approximate surface area is 314 Å². The van der Waals surface area contributed by atoms with E-state index in [0.717, 1.165) is 71.5 Å². The van der Waals surface area contributed by atoms with E-state index in [9.17, 15) is 33.6 Å². The molecule has 0 unspecified atom stereocenters. The van der Waals surface area contributed by atoms with Gasteiger partial charge in [0.05, 0.1) is 18.5 Å². The number of sulfone groups is 1. The first-order chi connectivity index (χ1) is 24.8. The Morgan fingerprint density at radius 1 is 1.04 bits per heavy atom. The van der Waals surface area contributed by atoms with E-state index in [2.05, 4.69) is 23.2 Å². The van der Waals surface area contributed by atoms with E-state index in [0.29, 0.717) is 29.7 Å². The van der Waals surface area contributed by atoms with Crippen molar-refractivity contribution in [2.45, 2.75) is 92.2 Å². The van der Waals surface area contributed by atoms with Crippen molar-refractivity contribution < 1.29 is 43.5 Å². The molecule has 0 saturated heterocycles. The maximum atomic E-state index is 13.0. The molecule has 1 heterocycles. The molecular weight excluding hydrogens is 728 g/mol. The van der Waals surface area contributed by atoms with Crippen LogP contribution < -0.4 is 4.74 Å². The van der Waals surface area contributed by atoms with Gasteiger partial charge in [-0.1, -0.05) is 29.8 Å². The van der Waals surface area contributed by atoms with Crippen LogP contribution in [0.5, 0.6) is 5.75 Å². The number of benzene rings is 2. The molecule has 11 nitrogen and oxygen atoms in total. The molecule has 4 atom stereocenters. The quantitative estimate of drug-likeness (QED) is 0.0786. The third-order valence-corrected chi connectivity index (χ3v) is 12.1. The number of aromatic nitrogens is 1. The van der Waals surface area contributed by atoms with Gasteiger partial charge in [0.1, 0.15) is 33.9 Å². The van der Waals surface area contributed by atoms with Crippen molar-refractivity contribution in [2.24, 2.45) is 0 Å². The first-order valence-corrected chi connectivity index (χ1v) is 21.2. The number of carbonyl (C=O) groups excluding carboxylic acids is 1. The third-order valence-electron chi connectivity index (χ3n) is 9.77. The minimum absolute atomic E-state index is 0.0174. The Hall–Kier alpha value is -2.75. The first kappa shape index (κ1) is 40.4. The monoisotopic (exact) mass is 776 g/mol. The highest BCUT2D eigenvalue weighted by Crippen LogP contribution is 2.55. The number of para-hydroxylation sites is 1. The van der Waals surface area contributed by atoms with Crippen LogP contribution in [0.25, 0.3) is 11.1 Å². The van der Waals surface area contributed by atoms with Gasteiger partial charge in [-0.25, -0.2) is 8.42 Å². The second-order valence-electron chi connectivity index (χ2n) is 14.0. The molecular formula is C38H49ClN2O9S2. The predicted octanol–water partition coefficient (Wildman–Crippen LogP) is 3.79. The van der Waals surface area contributed by atoms with Crippen molar-refractivity contribution in [3.8, 4) is 16.9 Å². The van der Waals surface area contributed by atoms with E-state index in [4.69, 9.17) is 21.4 Å². The lowest BCUT2D eigenvalue weighted by Crippen LogP contribution is -2.53. The molecule has 3 aromatic rings. The molecule has 0 aliphatic heterocycles. The number of ether oxygens (including phenoxy) is 1. The zero-order valence-corrected chi connectivity index (χ0v) is 31.7. The van der Waals surface area contributed by atoms with Crippen LogP contribution in [0, 0.1) is 0 Å². The fraction of sp³-hybridized carbons (Fsp3) is 0.526. The minimum atomic E-state index is -3.44. The van der Waals surface area contributed by atoms with E-state index < -0.39 is 46.8 Å². The van der Waals surface area contributed by atoms with Gasteiger partial charge in [-0.15, -0.1) is 11.8 Å². The summed E-state index contributed by atoms with van der Waals surface area (Å²) in [6.07, 6.45) is 4.47. The van der Waals surface area contributed by atoms with Gasteiger partial charge in [-0.2, -0.15) is 0 Å². The Morgan fingerprint density at radius 2 is 1.79 bits per heavy atom. The summed E-state index contributed by atoms with van der Waals surface area (Å²) in [7, 11) is -3.44. The van der Waals surface area contributed by atoms with E-state index in [1.54, 1.807) is 11.8 Å². The van der Waals surface area contributed by atoms with Crippen LogP contribution in [-0.2, 0) is 26.5 Å². The SMILES string of the molecule is CS(=O)(=O)CCN(CCCCSc1ccc(Cl)c(CCC2(c3cnccc3-c3ccccc3OC3CC3)CC2)c1)C(=O)[C@@H](O)[C@@H](O)[C@H](O)[C@@H](O)CO. The average molecular weight is 777 g/mol. The number of aryl methyl sites for hydroxylation is 1. The lowest BCUT2D eigenvalue weighted by Gasteiger charge is -2.30. The average Bonchev–Trinajstić information content (AvgIpc) is 4.08. The number of unbranched alkanes of at least 4 members (excludes halogenated alkanes) is 1. The largest absolute Gasteiger partial charge is 0.490 e. The summed E-state index contributed by atoms with van der Waals surface area (Å²) in [6.45, 7) is -0.988. The molecule has 14 heteroatoms. The molecule has 2 fully saturated rings. The summed E-state index contributed by atoms with van der Waals surface area (Å²) in [4.78, 5) is 19.7. The summed E-state index contributed by atoms with van der Waals surface area (Å²) in [5, 5.41) is 49.9. The van der Waals surface area contributed by atoms with Crippen LogP contribution in [0.4, 0.5) is 0 Å². The molecule has 5 N–H and O–H groups in total. The van der Waals surface area contributed by atoms with E-state index in [1.165, 1.54) is 11.1 Å². The predicted molar refractivity (Wildman–Crippen MR) is 201 cm³/mol. The van der Waals surface area contributed by atoms with Crippen molar-refractivity contribution in [2.75, 3.05) is 37.5 Å². The summed E-state index contributed by atoms with van der Waals surface area (Å²) >= 11 is 8.34. The van der Waals surface area contributed by atoms with Gasteiger partial charge >= 0.3 is 0 Å².